The van der Waals surface area contributed by atoms with Crippen LogP contribution in [-0.2, 0) is 23.9 Å². The number of hydrogen-bond donors (Lipinski definition) is 0. The predicted octanol–water partition coefficient (Wildman–Crippen LogP) is 3.48. The van der Waals surface area contributed by atoms with Gasteiger partial charge in [-0.25, -0.2) is 4.90 Å². The normalized spacial score (nSPS) is 28.5. The Bertz CT molecular complexity index is 1110. The summed E-state index contributed by atoms with van der Waals surface area (Å²) in [4.78, 5) is 38.8. The van der Waals surface area contributed by atoms with E-state index >= 15 is 0 Å². The first-order valence-electron chi connectivity index (χ1n) is 9.94. The third-order valence-electron chi connectivity index (χ3n) is 5.80. The largest absolute Gasteiger partial charge is 0.462 e. The SMILES string of the molecule is CC(=O)OC[C@@]12C=C[C@@H](O1)[C@@H]1C(=O)N(c3ccc(N=Nc4ccccc4)cc3)C(=O)[C@H]12. The van der Waals surface area contributed by atoms with Gasteiger partial charge in [0.1, 0.15) is 12.2 Å². The van der Waals surface area contributed by atoms with Crippen LogP contribution in [0.1, 0.15) is 6.92 Å². The van der Waals surface area contributed by atoms with Crippen LogP contribution in [0.4, 0.5) is 17.1 Å². The molecule has 4 atom stereocenters. The molecule has 0 spiro atoms. The molecule has 0 saturated carbocycles. The van der Waals surface area contributed by atoms with Gasteiger partial charge in [0.05, 0.1) is 35.0 Å². The Labute approximate surface area is 178 Å². The van der Waals surface area contributed by atoms with E-state index in [0.717, 1.165) is 5.69 Å². The van der Waals surface area contributed by atoms with Crippen molar-refractivity contribution in [1.29, 1.82) is 0 Å². The van der Waals surface area contributed by atoms with Crippen LogP contribution in [0, 0.1) is 11.8 Å². The van der Waals surface area contributed by atoms with Crippen LogP contribution in [0.3, 0.4) is 0 Å². The average Bonchev–Trinajstić information content (AvgIpc) is 3.42. The fraction of sp³-hybridized carbons (Fsp3) is 0.261. The van der Waals surface area contributed by atoms with E-state index < -0.39 is 29.5 Å². The van der Waals surface area contributed by atoms with Gasteiger partial charge in [0, 0.05) is 6.92 Å². The predicted molar refractivity (Wildman–Crippen MR) is 110 cm³/mol. The summed E-state index contributed by atoms with van der Waals surface area (Å²) in [7, 11) is 0. The van der Waals surface area contributed by atoms with Crippen LogP contribution < -0.4 is 4.90 Å². The summed E-state index contributed by atoms with van der Waals surface area (Å²) in [5, 5.41) is 8.35. The van der Waals surface area contributed by atoms with Gasteiger partial charge < -0.3 is 9.47 Å². The van der Waals surface area contributed by atoms with E-state index in [9.17, 15) is 14.4 Å². The number of ether oxygens (including phenoxy) is 2. The van der Waals surface area contributed by atoms with Crippen molar-refractivity contribution in [2.45, 2.75) is 18.6 Å². The monoisotopic (exact) mass is 417 g/mol. The maximum atomic E-state index is 13.2. The third-order valence-corrected chi connectivity index (χ3v) is 5.80. The van der Waals surface area contributed by atoms with Gasteiger partial charge in [-0.05, 0) is 42.5 Å². The Balaban J connectivity index is 1.37. The first-order valence-corrected chi connectivity index (χ1v) is 9.94. The standard InChI is InChI=1S/C23H19N3O5/c1-14(27)30-13-23-12-11-18(31-23)19-20(23)22(29)26(21(19)28)17-9-7-16(8-10-17)25-24-15-5-3-2-4-6-15/h2-12,18-20H,13H2,1H3/t18-,19+,20+,23-/m1/s1. The lowest BCUT2D eigenvalue weighted by Crippen LogP contribution is -2.44. The number of anilines is 1. The summed E-state index contributed by atoms with van der Waals surface area (Å²) < 4.78 is 11.0. The maximum absolute atomic E-state index is 13.2. The molecule has 0 aliphatic carbocycles. The zero-order chi connectivity index (χ0) is 21.6. The van der Waals surface area contributed by atoms with Crippen molar-refractivity contribution in [2.75, 3.05) is 11.5 Å². The number of carbonyl (C=O) groups excluding carboxylic acids is 3. The topological polar surface area (TPSA) is 97.6 Å². The molecule has 2 amide bonds. The molecule has 2 fully saturated rings. The molecule has 2 aromatic carbocycles. The molecule has 2 aromatic rings. The van der Waals surface area contributed by atoms with Crippen molar-refractivity contribution in [1.82, 2.24) is 0 Å². The molecule has 5 rings (SSSR count). The quantitative estimate of drug-likeness (QED) is 0.321. The minimum absolute atomic E-state index is 0.0951. The Morgan fingerprint density at radius 2 is 1.71 bits per heavy atom. The molecule has 3 aliphatic heterocycles. The van der Waals surface area contributed by atoms with E-state index in [0.29, 0.717) is 11.4 Å². The highest BCUT2D eigenvalue weighted by atomic mass is 16.6. The van der Waals surface area contributed by atoms with Crippen molar-refractivity contribution in [3.63, 3.8) is 0 Å². The first-order chi connectivity index (χ1) is 15.0. The summed E-state index contributed by atoms with van der Waals surface area (Å²) in [6, 6.07) is 16.1. The molecule has 3 heterocycles. The van der Waals surface area contributed by atoms with E-state index in [-0.39, 0.29) is 18.4 Å². The van der Waals surface area contributed by atoms with Gasteiger partial charge in [-0.3, -0.25) is 14.4 Å². The number of hydrogen-bond acceptors (Lipinski definition) is 7. The molecule has 0 N–H and O–H groups in total. The zero-order valence-electron chi connectivity index (χ0n) is 16.7. The smallest absolute Gasteiger partial charge is 0.302 e. The van der Waals surface area contributed by atoms with Crippen molar-refractivity contribution < 1.29 is 23.9 Å². The molecule has 8 heteroatoms. The fourth-order valence-corrected chi connectivity index (χ4v) is 4.42. The highest BCUT2D eigenvalue weighted by Crippen LogP contribution is 2.52. The number of nitrogens with zero attached hydrogens (tertiary/aromatic N) is 3. The Morgan fingerprint density at radius 1 is 1.03 bits per heavy atom. The lowest BCUT2D eigenvalue weighted by molar-refractivity contribution is -0.150. The van der Waals surface area contributed by atoms with Crippen molar-refractivity contribution in [3.8, 4) is 0 Å². The van der Waals surface area contributed by atoms with Gasteiger partial charge in [0.15, 0.2) is 0 Å². The summed E-state index contributed by atoms with van der Waals surface area (Å²) in [6.07, 6.45) is 3.01. The number of azo groups is 1. The zero-order valence-corrected chi connectivity index (χ0v) is 16.7. The summed E-state index contributed by atoms with van der Waals surface area (Å²) in [6.45, 7) is 1.20. The third kappa shape index (κ3) is 3.16. The Kier molecular flexibility index (Phi) is 4.51. The molecule has 156 valence electrons. The number of amides is 2. The molecule has 0 aromatic heterocycles. The highest BCUT2D eigenvalue weighted by molar-refractivity contribution is 6.23. The Morgan fingerprint density at radius 3 is 2.39 bits per heavy atom. The average molecular weight is 417 g/mol. The fourth-order valence-electron chi connectivity index (χ4n) is 4.42. The highest BCUT2D eigenvalue weighted by Gasteiger charge is 2.68. The molecule has 0 unspecified atom stereocenters. The maximum Gasteiger partial charge on any atom is 0.302 e. The second-order valence-electron chi connectivity index (χ2n) is 7.74. The van der Waals surface area contributed by atoms with Crippen molar-refractivity contribution >= 4 is 34.8 Å². The van der Waals surface area contributed by atoms with E-state index in [1.807, 2.05) is 30.3 Å². The van der Waals surface area contributed by atoms with Crippen LogP contribution in [0.2, 0.25) is 0 Å². The van der Waals surface area contributed by atoms with Gasteiger partial charge in [-0.1, -0.05) is 24.3 Å². The van der Waals surface area contributed by atoms with Crippen LogP contribution in [0.25, 0.3) is 0 Å². The van der Waals surface area contributed by atoms with Crippen molar-refractivity contribution in [3.05, 3.63) is 66.7 Å². The first kappa shape index (κ1) is 19.3. The van der Waals surface area contributed by atoms with Gasteiger partial charge in [0.25, 0.3) is 0 Å². The molecule has 8 nitrogen and oxygen atoms in total. The number of imide groups is 1. The van der Waals surface area contributed by atoms with Gasteiger partial charge in [-0.15, -0.1) is 0 Å². The van der Waals surface area contributed by atoms with Crippen LogP contribution >= 0.6 is 0 Å². The van der Waals surface area contributed by atoms with Crippen LogP contribution in [0.5, 0.6) is 0 Å². The van der Waals surface area contributed by atoms with Gasteiger partial charge in [-0.2, -0.15) is 10.2 Å². The van der Waals surface area contributed by atoms with E-state index in [4.69, 9.17) is 9.47 Å². The summed E-state index contributed by atoms with van der Waals surface area (Å²) in [5.74, 6) is -2.47. The van der Waals surface area contributed by atoms with Crippen molar-refractivity contribution in [2.24, 2.45) is 22.1 Å². The summed E-state index contributed by atoms with van der Waals surface area (Å²) >= 11 is 0. The van der Waals surface area contributed by atoms with Gasteiger partial charge in [0.2, 0.25) is 11.8 Å². The number of benzene rings is 2. The minimum Gasteiger partial charge on any atom is -0.462 e. The van der Waals surface area contributed by atoms with E-state index in [1.54, 1.807) is 36.4 Å². The van der Waals surface area contributed by atoms with Gasteiger partial charge >= 0.3 is 5.97 Å². The van der Waals surface area contributed by atoms with Crippen LogP contribution in [-0.4, -0.2) is 36.1 Å². The number of fused-ring (bicyclic) bond motifs is 5. The number of rotatable bonds is 5. The molecule has 2 bridgehead atoms. The lowest BCUT2D eigenvalue weighted by atomic mass is 9.77. The molecule has 2 saturated heterocycles. The second kappa shape index (κ2) is 7.24. The molecule has 0 radical (unpaired) electrons. The van der Waals surface area contributed by atoms with E-state index in [1.165, 1.54) is 11.8 Å². The molecular weight excluding hydrogens is 398 g/mol. The van der Waals surface area contributed by atoms with E-state index in [2.05, 4.69) is 10.2 Å². The summed E-state index contributed by atoms with van der Waals surface area (Å²) in [5.41, 5.74) is 0.700. The molecule has 31 heavy (non-hydrogen) atoms. The van der Waals surface area contributed by atoms with Crippen LogP contribution in [0.15, 0.2) is 77.0 Å². The lowest BCUT2D eigenvalue weighted by Gasteiger charge is -2.28. The second-order valence-corrected chi connectivity index (χ2v) is 7.74. The molecule has 3 aliphatic rings. The minimum atomic E-state index is -1.09. The Hall–Kier alpha value is -3.65. The molecular formula is C23H19N3O5. The number of esters is 1. The number of carbonyl (C=O) groups is 3.